The van der Waals surface area contributed by atoms with E-state index in [0.717, 1.165) is 46.0 Å². The monoisotopic (exact) mass is 368 g/mol. The van der Waals surface area contributed by atoms with Gasteiger partial charge >= 0.3 is 0 Å². The molecular weight excluding hydrogens is 348 g/mol. The van der Waals surface area contributed by atoms with Crippen molar-refractivity contribution in [1.29, 1.82) is 0 Å². The molecule has 2 N–H and O–H groups in total. The van der Waals surface area contributed by atoms with Gasteiger partial charge in [0.2, 0.25) is 0 Å². The lowest BCUT2D eigenvalue weighted by Crippen LogP contribution is -2.44. The van der Waals surface area contributed by atoms with Crippen molar-refractivity contribution in [2.24, 2.45) is 0 Å². The highest BCUT2D eigenvalue weighted by atomic mass is 32.1. The summed E-state index contributed by atoms with van der Waals surface area (Å²) < 4.78 is 0. The van der Waals surface area contributed by atoms with Crippen molar-refractivity contribution in [1.82, 2.24) is 20.0 Å². The summed E-state index contributed by atoms with van der Waals surface area (Å²) in [5, 5.41) is 15.1. The fraction of sp³-hybridized carbons (Fsp3) is 0.278. The Morgan fingerprint density at radius 1 is 1.08 bits per heavy atom. The van der Waals surface area contributed by atoms with Crippen LogP contribution in [0.3, 0.4) is 0 Å². The number of nitrogens with one attached hydrogen (secondary N) is 1. The van der Waals surface area contributed by atoms with Crippen LogP contribution < -0.4 is 10.2 Å². The van der Waals surface area contributed by atoms with Crippen molar-refractivity contribution in [3.05, 3.63) is 48.3 Å². The first-order valence-corrected chi connectivity index (χ1v) is 9.31. The lowest BCUT2D eigenvalue weighted by atomic mass is 10.3. The Morgan fingerprint density at radius 3 is 2.73 bits per heavy atom. The summed E-state index contributed by atoms with van der Waals surface area (Å²) in [6, 6.07) is 9.84. The number of piperazine rings is 1. The van der Waals surface area contributed by atoms with Crippen LogP contribution in [-0.4, -0.2) is 51.4 Å². The van der Waals surface area contributed by atoms with Gasteiger partial charge in [-0.05, 0) is 36.8 Å². The third-order valence-electron chi connectivity index (χ3n) is 4.19. The summed E-state index contributed by atoms with van der Waals surface area (Å²) in [6.45, 7) is 4.85. The predicted molar refractivity (Wildman–Crippen MR) is 103 cm³/mol. The Balaban J connectivity index is 1.51. The van der Waals surface area contributed by atoms with Crippen LogP contribution in [0.5, 0.6) is 0 Å². The van der Waals surface area contributed by atoms with E-state index in [4.69, 9.17) is 4.98 Å². The molecule has 1 aliphatic rings. The first-order chi connectivity index (χ1) is 12.7. The Kier molecular flexibility index (Phi) is 4.79. The number of anilines is 3. The molecule has 0 aromatic carbocycles. The second-order valence-corrected chi connectivity index (χ2v) is 7.21. The molecule has 0 amide bonds. The zero-order chi connectivity index (χ0) is 17.9. The van der Waals surface area contributed by atoms with Gasteiger partial charge in [-0.2, -0.15) is 5.06 Å². The molecule has 8 heteroatoms. The van der Waals surface area contributed by atoms with E-state index in [2.05, 4.69) is 20.2 Å². The molecule has 0 unspecified atom stereocenters. The van der Waals surface area contributed by atoms with Crippen molar-refractivity contribution in [3.63, 3.8) is 0 Å². The molecule has 0 atom stereocenters. The van der Waals surface area contributed by atoms with Crippen molar-refractivity contribution < 1.29 is 5.21 Å². The highest BCUT2D eigenvalue weighted by Crippen LogP contribution is 2.31. The Morgan fingerprint density at radius 2 is 1.92 bits per heavy atom. The highest BCUT2D eigenvalue weighted by molar-refractivity contribution is 7.18. The van der Waals surface area contributed by atoms with Gasteiger partial charge in [-0.15, -0.1) is 0 Å². The molecule has 0 aliphatic carbocycles. The van der Waals surface area contributed by atoms with E-state index in [1.807, 2.05) is 43.5 Å². The van der Waals surface area contributed by atoms with Crippen molar-refractivity contribution >= 4 is 28.1 Å². The summed E-state index contributed by atoms with van der Waals surface area (Å²) in [6.07, 6.45) is 3.64. The minimum Gasteiger partial charge on any atom is -0.345 e. The summed E-state index contributed by atoms with van der Waals surface area (Å²) in [4.78, 5) is 16.8. The summed E-state index contributed by atoms with van der Waals surface area (Å²) in [5.74, 6) is 1.53. The number of pyridine rings is 2. The van der Waals surface area contributed by atoms with Gasteiger partial charge in [0.25, 0.3) is 0 Å². The second kappa shape index (κ2) is 7.36. The highest BCUT2D eigenvalue weighted by Gasteiger charge is 2.18. The SMILES string of the molecule is Cc1ccnc(Nc2cccc(-c3cnc(N4CCN(O)CC4)s3)n2)c1. The maximum absolute atomic E-state index is 9.49. The average molecular weight is 368 g/mol. The molecule has 0 saturated carbocycles. The van der Waals surface area contributed by atoms with E-state index >= 15 is 0 Å². The smallest absolute Gasteiger partial charge is 0.185 e. The number of nitrogens with zero attached hydrogens (tertiary/aromatic N) is 5. The van der Waals surface area contributed by atoms with Gasteiger partial charge in [0.15, 0.2) is 5.13 Å². The van der Waals surface area contributed by atoms with E-state index in [0.29, 0.717) is 13.1 Å². The molecule has 26 heavy (non-hydrogen) atoms. The number of thiazole rings is 1. The van der Waals surface area contributed by atoms with Crippen LogP contribution in [0.2, 0.25) is 0 Å². The van der Waals surface area contributed by atoms with Crippen molar-refractivity contribution in [3.8, 4) is 10.6 Å². The largest absolute Gasteiger partial charge is 0.345 e. The third-order valence-corrected chi connectivity index (χ3v) is 5.27. The van der Waals surface area contributed by atoms with Gasteiger partial charge in [0, 0.05) is 38.6 Å². The van der Waals surface area contributed by atoms with Crippen LogP contribution in [0.1, 0.15) is 5.56 Å². The van der Waals surface area contributed by atoms with Gasteiger partial charge in [-0.25, -0.2) is 15.0 Å². The van der Waals surface area contributed by atoms with Crippen LogP contribution in [-0.2, 0) is 0 Å². The standard InChI is InChI=1S/C18H20N6OS/c1-13-5-6-19-17(11-13)22-16-4-2-3-14(21-16)15-12-20-18(26-15)23-7-9-24(25)10-8-23/h2-6,11-12,25H,7-10H2,1H3,(H,19,21,22). The maximum atomic E-state index is 9.49. The summed E-state index contributed by atoms with van der Waals surface area (Å²) in [5.41, 5.74) is 2.03. The zero-order valence-corrected chi connectivity index (χ0v) is 15.3. The number of hydrogen-bond donors (Lipinski definition) is 2. The Hall–Kier alpha value is -2.55. The van der Waals surface area contributed by atoms with Crippen LogP contribution in [0.25, 0.3) is 10.6 Å². The van der Waals surface area contributed by atoms with Crippen LogP contribution in [0, 0.1) is 6.92 Å². The molecule has 134 valence electrons. The molecule has 1 aliphatic heterocycles. The predicted octanol–water partition coefficient (Wildman–Crippen LogP) is 3.16. The summed E-state index contributed by atoms with van der Waals surface area (Å²) in [7, 11) is 0. The van der Waals surface area contributed by atoms with Gasteiger partial charge in [-0.1, -0.05) is 17.4 Å². The summed E-state index contributed by atoms with van der Waals surface area (Å²) >= 11 is 1.62. The number of aryl methyl sites for hydroxylation is 1. The Bertz CT molecular complexity index is 891. The number of hydroxylamine groups is 2. The van der Waals surface area contributed by atoms with Crippen LogP contribution in [0.15, 0.2) is 42.7 Å². The third kappa shape index (κ3) is 3.82. The van der Waals surface area contributed by atoms with E-state index in [-0.39, 0.29) is 0 Å². The molecule has 4 heterocycles. The molecule has 4 rings (SSSR count). The number of aromatic nitrogens is 3. The zero-order valence-electron chi connectivity index (χ0n) is 14.5. The fourth-order valence-corrected chi connectivity index (χ4v) is 3.73. The average Bonchev–Trinajstić information content (AvgIpc) is 3.13. The van der Waals surface area contributed by atoms with Gasteiger partial charge in [0.05, 0.1) is 10.6 Å². The molecule has 0 spiro atoms. The quantitative estimate of drug-likeness (QED) is 0.732. The van der Waals surface area contributed by atoms with Crippen molar-refractivity contribution in [2.45, 2.75) is 6.92 Å². The molecular formula is C18H20N6OS. The Labute approximate surface area is 155 Å². The molecule has 1 saturated heterocycles. The van der Waals surface area contributed by atoms with Crippen LogP contribution in [0.4, 0.5) is 16.8 Å². The second-order valence-electron chi connectivity index (χ2n) is 6.20. The molecule has 7 nitrogen and oxygen atoms in total. The minimum atomic E-state index is 0.635. The number of hydrogen-bond acceptors (Lipinski definition) is 8. The van der Waals surface area contributed by atoms with Crippen LogP contribution >= 0.6 is 11.3 Å². The van der Waals surface area contributed by atoms with E-state index in [9.17, 15) is 5.21 Å². The first kappa shape index (κ1) is 16.9. The van der Waals surface area contributed by atoms with E-state index in [1.54, 1.807) is 17.5 Å². The minimum absolute atomic E-state index is 0.635. The lowest BCUT2D eigenvalue weighted by Gasteiger charge is -2.30. The van der Waals surface area contributed by atoms with E-state index < -0.39 is 0 Å². The van der Waals surface area contributed by atoms with Gasteiger partial charge in [0.1, 0.15) is 11.6 Å². The molecule has 0 radical (unpaired) electrons. The maximum Gasteiger partial charge on any atom is 0.185 e. The number of rotatable bonds is 4. The molecule has 0 bridgehead atoms. The van der Waals surface area contributed by atoms with Gasteiger partial charge < -0.3 is 15.4 Å². The first-order valence-electron chi connectivity index (χ1n) is 8.49. The lowest BCUT2D eigenvalue weighted by molar-refractivity contribution is -0.0935. The van der Waals surface area contributed by atoms with E-state index in [1.165, 1.54) is 5.06 Å². The van der Waals surface area contributed by atoms with Gasteiger partial charge in [-0.3, -0.25) is 0 Å². The molecule has 1 fully saturated rings. The topological polar surface area (TPSA) is 77.4 Å². The normalized spacial score (nSPS) is 15.2. The molecule has 3 aromatic heterocycles. The molecule has 3 aromatic rings. The van der Waals surface area contributed by atoms with Crippen molar-refractivity contribution in [2.75, 3.05) is 36.4 Å². The fourth-order valence-electron chi connectivity index (χ4n) is 2.79.